The molecule has 4 heterocycles. The van der Waals surface area contributed by atoms with Crippen LogP contribution in [-0.2, 0) is 22.3 Å². The molecule has 2 spiro atoms. The summed E-state index contributed by atoms with van der Waals surface area (Å²) in [4.78, 5) is 34.6. The third-order valence-corrected chi connectivity index (χ3v) is 13.4. The summed E-state index contributed by atoms with van der Waals surface area (Å²) in [5.74, 6) is -0.542. The van der Waals surface area contributed by atoms with Gasteiger partial charge in [0, 0.05) is 50.1 Å². The van der Waals surface area contributed by atoms with Gasteiger partial charge in [-0.2, -0.15) is 0 Å². The minimum Gasteiger partial charge on any atom is -0.445 e. The number of rotatable bonds is 4. The number of ether oxygens (including phenoxy) is 2. The van der Waals surface area contributed by atoms with Crippen LogP contribution in [0.2, 0.25) is 0 Å². The van der Waals surface area contributed by atoms with Crippen LogP contribution < -0.4 is 0 Å². The lowest BCUT2D eigenvalue weighted by Crippen LogP contribution is -2.66. The number of likely N-dealkylation sites (tertiary alicyclic amines) is 2. The van der Waals surface area contributed by atoms with Crippen molar-refractivity contribution in [3.05, 3.63) is 142 Å². The van der Waals surface area contributed by atoms with Crippen LogP contribution in [0.4, 0.5) is 18.4 Å². The molecule has 0 aromatic heterocycles. The van der Waals surface area contributed by atoms with Gasteiger partial charge in [0.15, 0.2) is 0 Å². The largest absolute Gasteiger partial charge is 0.445 e. The molecule has 2 saturated carbocycles. The molecule has 2 amide bonds. The van der Waals surface area contributed by atoms with Crippen LogP contribution in [0.25, 0.3) is 0 Å². The van der Waals surface area contributed by atoms with Crippen molar-refractivity contribution in [3.8, 4) is 0 Å². The Morgan fingerprint density at radius 3 is 1.29 bits per heavy atom. The molecule has 6 aliphatic rings. The number of halogens is 2. The van der Waals surface area contributed by atoms with Gasteiger partial charge in [-0.1, -0.05) is 72.8 Å². The van der Waals surface area contributed by atoms with Crippen LogP contribution in [0.1, 0.15) is 71.1 Å². The van der Waals surface area contributed by atoms with Gasteiger partial charge in [0.05, 0.1) is 12.1 Å². The Labute approximate surface area is 328 Å². The molecular formula is C46H50F2N4O4. The molecule has 10 heteroatoms. The molecule has 4 aromatic rings. The Kier molecular flexibility index (Phi) is 9.60. The van der Waals surface area contributed by atoms with Crippen molar-refractivity contribution in [1.29, 1.82) is 0 Å². The number of hydrogen-bond donors (Lipinski definition) is 0. The van der Waals surface area contributed by atoms with Crippen LogP contribution in [0, 0.1) is 22.5 Å². The lowest BCUT2D eigenvalue weighted by atomic mass is 9.61. The molecule has 2 saturated heterocycles. The molecule has 4 aromatic carbocycles. The monoisotopic (exact) mass is 760 g/mol. The highest BCUT2D eigenvalue weighted by atomic mass is 19.1. The van der Waals surface area contributed by atoms with Gasteiger partial charge >= 0.3 is 12.2 Å². The van der Waals surface area contributed by atoms with Crippen LogP contribution in [-0.4, -0.2) is 97.4 Å². The fraction of sp³-hybridized carbons (Fsp3) is 0.435. The van der Waals surface area contributed by atoms with Gasteiger partial charge in [0.25, 0.3) is 0 Å². The minimum atomic E-state index is -0.271. The molecule has 8 nitrogen and oxygen atoms in total. The first-order chi connectivity index (χ1) is 27.1. The maximum Gasteiger partial charge on any atom is 0.410 e. The van der Waals surface area contributed by atoms with E-state index >= 15 is 0 Å². The lowest BCUT2D eigenvalue weighted by molar-refractivity contribution is -0.156. The first kappa shape index (κ1) is 36.8. The van der Waals surface area contributed by atoms with Gasteiger partial charge in [-0.25, -0.2) is 18.4 Å². The maximum atomic E-state index is 13.5. The van der Waals surface area contributed by atoms with Crippen LogP contribution in [0.5, 0.6) is 0 Å². The fourth-order valence-corrected chi connectivity index (χ4v) is 10.4. The number of carbonyl (C=O) groups excluding carboxylic acids is 2. The zero-order chi connectivity index (χ0) is 38.6. The molecule has 56 heavy (non-hydrogen) atoms. The van der Waals surface area contributed by atoms with E-state index in [9.17, 15) is 18.4 Å². The molecule has 2 aliphatic carbocycles. The molecule has 0 bridgehead atoms. The third kappa shape index (κ3) is 6.64. The van der Waals surface area contributed by atoms with E-state index in [4.69, 9.17) is 9.47 Å². The van der Waals surface area contributed by atoms with Crippen molar-refractivity contribution in [1.82, 2.24) is 19.6 Å². The van der Waals surface area contributed by atoms with Crippen molar-refractivity contribution in [2.24, 2.45) is 10.8 Å². The second kappa shape index (κ2) is 14.6. The lowest BCUT2D eigenvalue weighted by Gasteiger charge is -2.59. The van der Waals surface area contributed by atoms with E-state index in [0.717, 1.165) is 87.0 Å². The summed E-state index contributed by atoms with van der Waals surface area (Å²) in [7, 11) is 4.21. The standard InChI is InChI=1S/2C23H25FN2O2/c2*1-25-14-23(15-25)12-10-20(23)28-22(27)26-13-11-16-4-2-3-5-19(16)21(26)17-6-8-18(24)9-7-17/h2*2-9,20-21H,10-15H2,1H3/t20-,21+;20-,21-/m10/s1. The van der Waals surface area contributed by atoms with E-state index in [-0.39, 0.29) is 58.9 Å². The average molecular weight is 761 g/mol. The summed E-state index contributed by atoms with van der Waals surface area (Å²) < 4.78 is 39.0. The number of carbonyl (C=O) groups is 2. The van der Waals surface area contributed by atoms with E-state index in [0.29, 0.717) is 13.1 Å². The fourth-order valence-electron chi connectivity index (χ4n) is 10.4. The summed E-state index contributed by atoms with van der Waals surface area (Å²) in [6.07, 6.45) is 5.33. The van der Waals surface area contributed by atoms with Gasteiger partial charge in [-0.3, -0.25) is 9.80 Å². The Morgan fingerprint density at radius 2 is 0.946 bits per heavy atom. The number of benzene rings is 4. The second-order valence-corrected chi connectivity index (χ2v) is 17.1. The zero-order valence-electron chi connectivity index (χ0n) is 32.2. The van der Waals surface area contributed by atoms with Crippen LogP contribution in [0.15, 0.2) is 97.1 Å². The van der Waals surface area contributed by atoms with E-state index in [1.807, 2.05) is 34.1 Å². The second-order valence-electron chi connectivity index (χ2n) is 17.1. The molecule has 0 unspecified atom stereocenters. The van der Waals surface area contributed by atoms with E-state index in [2.05, 4.69) is 48.2 Å². The van der Waals surface area contributed by atoms with Crippen molar-refractivity contribution in [2.45, 2.75) is 62.8 Å². The molecule has 10 rings (SSSR count). The van der Waals surface area contributed by atoms with Gasteiger partial charge in [-0.05, 0) is 110 Å². The summed E-state index contributed by atoms with van der Waals surface area (Å²) in [5, 5.41) is 0. The van der Waals surface area contributed by atoms with Crippen molar-refractivity contribution < 1.29 is 27.8 Å². The van der Waals surface area contributed by atoms with Crippen LogP contribution >= 0.6 is 0 Å². The van der Waals surface area contributed by atoms with Gasteiger partial charge < -0.3 is 19.3 Å². The normalized spacial score (nSPS) is 25.6. The van der Waals surface area contributed by atoms with Crippen molar-refractivity contribution in [3.63, 3.8) is 0 Å². The zero-order valence-corrected chi connectivity index (χ0v) is 32.2. The Balaban J connectivity index is 0.000000146. The Morgan fingerprint density at radius 1 is 0.571 bits per heavy atom. The highest BCUT2D eigenvalue weighted by Crippen LogP contribution is 2.51. The van der Waals surface area contributed by atoms with Crippen molar-refractivity contribution in [2.75, 3.05) is 53.4 Å². The number of nitrogens with zero attached hydrogens (tertiary/aromatic N) is 4. The van der Waals surface area contributed by atoms with E-state index in [1.54, 1.807) is 24.3 Å². The molecular weight excluding hydrogens is 711 g/mol. The topological polar surface area (TPSA) is 65.6 Å². The van der Waals surface area contributed by atoms with Crippen molar-refractivity contribution >= 4 is 12.2 Å². The highest BCUT2D eigenvalue weighted by Gasteiger charge is 2.57. The Bertz CT molecular complexity index is 1930. The quantitative estimate of drug-likeness (QED) is 0.210. The molecule has 4 aliphatic heterocycles. The first-order valence-corrected chi connectivity index (χ1v) is 20.1. The van der Waals surface area contributed by atoms with E-state index in [1.165, 1.54) is 35.4 Å². The van der Waals surface area contributed by atoms with Crippen LogP contribution in [0.3, 0.4) is 0 Å². The summed E-state index contributed by atoms with van der Waals surface area (Å²) in [6.45, 7) is 5.25. The van der Waals surface area contributed by atoms with Gasteiger partial charge in [-0.15, -0.1) is 0 Å². The van der Waals surface area contributed by atoms with Gasteiger partial charge in [0.2, 0.25) is 0 Å². The predicted molar refractivity (Wildman–Crippen MR) is 209 cm³/mol. The smallest absolute Gasteiger partial charge is 0.410 e. The van der Waals surface area contributed by atoms with Gasteiger partial charge in [0.1, 0.15) is 23.8 Å². The van der Waals surface area contributed by atoms with E-state index < -0.39 is 0 Å². The SMILES string of the molecule is CN1CC2(CC[C@@H]2OC(=O)N2CCc3ccccc3[C@@H]2c2ccc(F)cc2)C1.CN1CC2(CC[C@H]2OC(=O)N2CCc3ccccc3[C@@H]2c2ccc(F)cc2)C1. The summed E-state index contributed by atoms with van der Waals surface area (Å²) in [5.41, 5.74) is 6.85. The number of fused-ring (bicyclic) bond motifs is 2. The number of amides is 2. The number of hydrogen-bond acceptors (Lipinski definition) is 6. The third-order valence-electron chi connectivity index (χ3n) is 13.4. The predicted octanol–water partition coefficient (Wildman–Crippen LogP) is 8.01. The molecule has 4 atom stereocenters. The minimum absolute atomic E-state index is 0.0160. The first-order valence-electron chi connectivity index (χ1n) is 20.1. The molecule has 0 N–H and O–H groups in total. The summed E-state index contributed by atoms with van der Waals surface area (Å²) in [6, 6.07) is 28.8. The molecule has 292 valence electrons. The molecule has 0 radical (unpaired) electrons. The Hall–Kier alpha value is -4.80. The highest BCUT2D eigenvalue weighted by molar-refractivity contribution is 5.71. The summed E-state index contributed by atoms with van der Waals surface area (Å²) >= 11 is 0. The maximum absolute atomic E-state index is 13.5. The molecule has 4 fully saturated rings. The average Bonchev–Trinajstić information content (AvgIpc) is 3.18.